The highest BCUT2D eigenvalue weighted by Gasteiger charge is 2.31. The fourth-order valence-corrected chi connectivity index (χ4v) is 3.28. The Labute approximate surface area is 126 Å². The third-order valence-electron chi connectivity index (χ3n) is 4.55. The lowest BCUT2D eigenvalue weighted by Gasteiger charge is -2.32. The van der Waals surface area contributed by atoms with E-state index in [9.17, 15) is 4.79 Å². The van der Waals surface area contributed by atoms with Gasteiger partial charge in [-0.25, -0.2) is 0 Å². The molecule has 0 saturated carbocycles. The lowest BCUT2D eigenvalue weighted by atomic mass is 9.92. The molecule has 1 saturated heterocycles. The molecule has 1 amide bonds. The number of hydrogen-bond acceptors (Lipinski definition) is 3. The molecule has 2 aliphatic rings. The van der Waals surface area contributed by atoms with E-state index in [1.54, 1.807) is 4.90 Å². The fraction of sp³-hybridized carbons (Fsp3) is 0.588. The number of carbonyl (C=O) groups is 1. The van der Waals surface area contributed by atoms with Crippen LogP contribution in [-0.2, 0) is 11.2 Å². The molecule has 0 bridgehead atoms. The molecule has 2 aliphatic heterocycles. The number of amides is 1. The van der Waals surface area contributed by atoms with Crippen LogP contribution in [0.15, 0.2) is 18.2 Å². The summed E-state index contributed by atoms with van der Waals surface area (Å²) in [6, 6.07) is 6.28. The molecule has 4 nitrogen and oxygen atoms in total. The number of hydrogen-bond donors (Lipinski definition) is 1. The molecule has 1 aromatic carbocycles. The summed E-state index contributed by atoms with van der Waals surface area (Å²) in [6.07, 6.45) is 3.98. The molecule has 2 heterocycles. The second-order valence-electron chi connectivity index (χ2n) is 6.13. The molecule has 4 heteroatoms. The first-order valence-corrected chi connectivity index (χ1v) is 7.97. The van der Waals surface area contributed by atoms with Gasteiger partial charge in [0.05, 0.1) is 5.69 Å². The van der Waals surface area contributed by atoms with E-state index < -0.39 is 0 Å². The third-order valence-corrected chi connectivity index (χ3v) is 4.55. The predicted molar refractivity (Wildman–Crippen MR) is 83.9 cm³/mol. The lowest BCUT2D eigenvalue weighted by molar-refractivity contribution is -0.126. The van der Waals surface area contributed by atoms with Crippen LogP contribution in [0.2, 0.25) is 0 Å². The van der Waals surface area contributed by atoms with Gasteiger partial charge in [0.1, 0.15) is 5.75 Å². The van der Waals surface area contributed by atoms with E-state index in [-0.39, 0.29) is 12.0 Å². The average Bonchev–Trinajstić information content (AvgIpc) is 2.52. The lowest BCUT2D eigenvalue weighted by Crippen LogP contribution is -2.43. The summed E-state index contributed by atoms with van der Waals surface area (Å²) in [5.74, 6) is 1.58. The number of nitrogens with one attached hydrogen (secondary N) is 1. The second kappa shape index (κ2) is 6.06. The summed E-state index contributed by atoms with van der Waals surface area (Å²) in [5, 5.41) is 3.46. The minimum Gasteiger partial charge on any atom is -0.478 e. The summed E-state index contributed by atoms with van der Waals surface area (Å²) in [4.78, 5) is 14.0. The Kier molecular flexibility index (Phi) is 4.15. The highest BCUT2D eigenvalue weighted by Crippen LogP contribution is 2.35. The summed E-state index contributed by atoms with van der Waals surface area (Å²) >= 11 is 0. The number of likely N-dealkylation sites (N-methyl/N-ethyl adjacent to an activating group) is 1. The monoisotopic (exact) mass is 288 g/mol. The van der Waals surface area contributed by atoms with E-state index in [4.69, 9.17) is 4.74 Å². The first-order valence-electron chi connectivity index (χ1n) is 7.97. The molecule has 21 heavy (non-hydrogen) atoms. The first-order chi connectivity index (χ1) is 10.2. The number of fused-ring (bicyclic) bond motifs is 1. The maximum Gasteiger partial charge on any atom is 0.267 e. The van der Waals surface area contributed by atoms with Gasteiger partial charge in [0.25, 0.3) is 5.91 Å². The zero-order valence-corrected chi connectivity index (χ0v) is 12.9. The molecule has 0 spiro atoms. The van der Waals surface area contributed by atoms with Crippen molar-refractivity contribution in [1.82, 2.24) is 5.32 Å². The first kappa shape index (κ1) is 14.4. The quantitative estimate of drug-likeness (QED) is 0.928. The number of carbonyl (C=O) groups excluding carboxylic acids is 1. The molecule has 3 rings (SSSR count). The molecule has 2 atom stereocenters. The van der Waals surface area contributed by atoms with Gasteiger partial charge in [-0.2, -0.15) is 0 Å². The zero-order valence-electron chi connectivity index (χ0n) is 12.9. The number of ether oxygens (including phenoxy) is 1. The Morgan fingerprint density at radius 1 is 1.43 bits per heavy atom. The van der Waals surface area contributed by atoms with Crippen molar-refractivity contribution in [3.8, 4) is 5.75 Å². The Bertz CT molecular complexity index is 524. The summed E-state index contributed by atoms with van der Waals surface area (Å²) in [7, 11) is 1.85. The minimum absolute atomic E-state index is 0.0569. The van der Waals surface area contributed by atoms with Crippen molar-refractivity contribution < 1.29 is 9.53 Å². The van der Waals surface area contributed by atoms with E-state index >= 15 is 0 Å². The van der Waals surface area contributed by atoms with Crippen molar-refractivity contribution in [2.24, 2.45) is 5.92 Å². The molecule has 0 aliphatic carbocycles. The van der Waals surface area contributed by atoms with Crippen LogP contribution in [0.5, 0.6) is 5.75 Å². The van der Waals surface area contributed by atoms with Gasteiger partial charge in [0, 0.05) is 7.05 Å². The van der Waals surface area contributed by atoms with Gasteiger partial charge in [0.2, 0.25) is 0 Å². The number of rotatable bonds is 3. The van der Waals surface area contributed by atoms with Gasteiger partial charge < -0.3 is 15.0 Å². The normalized spacial score (nSPS) is 25.4. The smallest absolute Gasteiger partial charge is 0.267 e. The van der Waals surface area contributed by atoms with Crippen LogP contribution >= 0.6 is 0 Å². The SMILES string of the molecule is CCC1Oc2ccc(CC3CCCNC3)cc2N(C)C1=O. The summed E-state index contributed by atoms with van der Waals surface area (Å²) in [5.41, 5.74) is 2.20. The topological polar surface area (TPSA) is 41.6 Å². The zero-order chi connectivity index (χ0) is 14.8. The summed E-state index contributed by atoms with van der Waals surface area (Å²) < 4.78 is 5.81. The van der Waals surface area contributed by atoms with Crippen molar-refractivity contribution in [3.05, 3.63) is 23.8 Å². The van der Waals surface area contributed by atoms with Gasteiger partial charge in [0.15, 0.2) is 6.10 Å². The maximum atomic E-state index is 12.2. The van der Waals surface area contributed by atoms with Crippen LogP contribution in [0.25, 0.3) is 0 Å². The summed E-state index contributed by atoms with van der Waals surface area (Å²) in [6.45, 7) is 4.22. The second-order valence-corrected chi connectivity index (χ2v) is 6.13. The highest BCUT2D eigenvalue weighted by atomic mass is 16.5. The molecular weight excluding hydrogens is 264 g/mol. The van der Waals surface area contributed by atoms with E-state index in [0.717, 1.165) is 30.9 Å². The molecule has 1 N–H and O–H groups in total. The van der Waals surface area contributed by atoms with Gasteiger partial charge in [-0.1, -0.05) is 13.0 Å². The Morgan fingerprint density at radius 2 is 2.29 bits per heavy atom. The number of benzene rings is 1. The van der Waals surface area contributed by atoms with Crippen LogP contribution < -0.4 is 15.0 Å². The third kappa shape index (κ3) is 2.91. The molecule has 1 aromatic rings. The number of piperidine rings is 1. The van der Waals surface area contributed by atoms with Gasteiger partial charge >= 0.3 is 0 Å². The standard InChI is InChI=1S/C17H24N2O2/c1-3-15-17(20)19(2)14-10-12(6-7-16(14)21-15)9-13-5-4-8-18-11-13/h6-7,10,13,15,18H,3-5,8-9,11H2,1-2H3. The maximum absolute atomic E-state index is 12.2. The number of nitrogens with zero attached hydrogens (tertiary/aromatic N) is 1. The van der Waals surface area contributed by atoms with Crippen LogP contribution in [0, 0.1) is 5.92 Å². The average molecular weight is 288 g/mol. The largest absolute Gasteiger partial charge is 0.478 e. The molecule has 1 fully saturated rings. The van der Waals surface area contributed by atoms with Crippen molar-refractivity contribution >= 4 is 11.6 Å². The van der Waals surface area contributed by atoms with E-state index in [2.05, 4.69) is 17.4 Å². The van der Waals surface area contributed by atoms with Gasteiger partial charge in [-0.3, -0.25) is 4.79 Å². The number of anilines is 1. The Balaban J connectivity index is 1.79. The Hall–Kier alpha value is -1.55. The molecule has 0 aromatic heterocycles. The molecule has 2 unspecified atom stereocenters. The van der Waals surface area contributed by atoms with Gasteiger partial charge in [-0.05, 0) is 62.4 Å². The van der Waals surface area contributed by atoms with Crippen LogP contribution in [0.4, 0.5) is 5.69 Å². The highest BCUT2D eigenvalue weighted by molar-refractivity contribution is 5.99. The fourth-order valence-electron chi connectivity index (χ4n) is 3.28. The van der Waals surface area contributed by atoms with E-state index in [0.29, 0.717) is 12.3 Å². The van der Waals surface area contributed by atoms with Crippen LogP contribution in [0.3, 0.4) is 0 Å². The van der Waals surface area contributed by atoms with Gasteiger partial charge in [-0.15, -0.1) is 0 Å². The van der Waals surface area contributed by atoms with Crippen LogP contribution in [-0.4, -0.2) is 32.1 Å². The van der Waals surface area contributed by atoms with Crippen LogP contribution in [0.1, 0.15) is 31.7 Å². The van der Waals surface area contributed by atoms with Crippen molar-refractivity contribution in [3.63, 3.8) is 0 Å². The van der Waals surface area contributed by atoms with E-state index in [1.165, 1.54) is 18.4 Å². The van der Waals surface area contributed by atoms with Crippen molar-refractivity contribution in [2.75, 3.05) is 25.0 Å². The van der Waals surface area contributed by atoms with E-state index in [1.807, 2.05) is 20.0 Å². The van der Waals surface area contributed by atoms with Crippen molar-refractivity contribution in [2.45, 2.75) is 38.7 Å². The minimum atomic E-state index is -0.337. The molecule has 114 valence electrons. The predicted octanol–water partition coefficient (Wildman–Crippen LogP) is 2.36. The Morgan fingerprint density at radius 3 is 3.00 bits per heavy atom. The molecular formula is C17H24N2O2. The molecule has 0 radical (unpaired) electrons. The van der Waals surface area contributed by atoms with Crippen molar-refractivity contribution in [1.29, 1.82) is 0 Å².